The van der Waals surface area contributed by atoms with Gasteiger partial charge in [-0.25, -0.2) is 4.98 Å². The second kappa shape index (κ2) is 5.75. The van der Waals surface area contributed by atoms with E-state index < -0.39 is 0 Å². The van der Waals surface area contributed by atoms with Gasteiger partial charge >= 0.3 is 0 Å². The van der Waals surface area contributed by atoms with E-state index in [2.05, 4.69) is 15.0 Å². The number of aromatic nitrogens is 4. The summed E-state index contributed by atoms with van der Waals surface area (Å²) in [6.45, 7) is 1.94. The second-order valence-electron chi connectivity index (χ2n) is 5.79. The van der Waals surface area contributed by atoms with E-state index >= 15 is 0 Å². The maximum atomic E-state index is 4.81. The molecule has 1 unspecified atom stereocenters. The Morgan fingerprint density at radius 2 is 2.00 bits per heavy atom. The van der Waals surface area contributed by atoms with Crippen molar-refractivity contribution in [2.75, 3.05) is 11.4 Å². The minimum atomic E-state index is 0.434. The summed E-state index contributed by atoms with van der Waals surface area (Å²) >= 11 is 0. The lowest BCUT2D eigenvalue weighted by Gasteiger charge is -2.36. The molecule has 4 rings (SSSR count). The molecule has 3 aromatic rings. The van der Waals surface area contributed by atoms with E-state index in [1.807, 2.05) is 53.6 Å². The van der Waals surface area contributed by atoms with Crippen molar-refractivity contribution in [1.29, 1.82) is 0 Å². The minimum absolute atomic E-state index is 0.434. The highest BCUT2D eigenvalue weighted by Gasteiger charge is 2.24. The van der Waals surface area contributed by atoms with Gasteiger partial charge in [-0.3, -0.25) is 9.67 Å². The number of fused-ring (bicyclic) bond motifs is 1. The topological polar surface area (TPSA) is 46.8 Å². The van der Waals surface area contributed by atoms with Crippen LogP contribution in [0.4, 0.5) is 5.82 Å². The summed E-state index contributed by atoms with van der Waals surface area (Å²) in [5, 5.41) is 4.34. The van der Waals surface area contributed by atoms with Crippen LogP contribution in [0, 0.1) is 0 Å². The maximum absolute atomic E-state index is 4.81. The zero-order valence-electron chi connectivity index (χ0n) is 12.5. The summed E-state index contributed by atoms with van der Waals surface area (Å²) in [6, 6.07) is 10.4. The summed E-state index contributed by atoms with van der Waals surface area (Å²) < 4.78 is 2.01. The fourth-order valence-corrected chi connectivity index (χ4v) is 3.20. The van der Waals surface area contributed by atoms with Crippen molar-refractivity contribution < 1.29 is 0 Å². The molecule has 0 radical (unpaired) electrons. The molecule has 1 fully saturated rings. The van der Waals surface area contributed by atoms with E-state index in [1.165, 1.54) is 19.3 Å². The number of benzene rings is 1. The largest absolute Gasteiger partial charge is 0.350 e. The molecule has 0 N–H and O–H groups in total. The average Bonchev–Trinajstić information content (AvgIpc) is 3.08. The van der Waals surface area contributed by atoms with E-state index in [9.17, 15) is 0 Å². The molecular formula is C17H19N5. The van der Waals surface area contributed by atoms with Gasteiger partial charge in [0.15, 0.2) is 0 Å². The molecule has 112 valence electrons. The summed E-state index contributed by atoms with van der Waals surface area (Å²) in [5.74, 6) is 0.982. The molecule has 1 aromatic carbocycles. The first-order chi connectivity index (χ1) is 10.9. The van der Waals surface area contributed by atoms with Crippen molar-refractivity contribution in [3.05, 3.63) is 48.9 Å². The SMILES string of the molecule is c1ccc2nc(N3CCCCC3Cn3cccn3)cnc2c1. The predicted octanol–water partition coefficient (Wildman–Crippen LogP) is 2.89. The maximum Gasteiger partial charge on any atom is 0.148 e. The molecule has 5 nitrogen and oxygen atoms in total. The Morgan fingerprint density at radius 3 is 2.86 bits per heavy atom. The van der Waals surface area contributed by atoms with E-state index in [4.69, 9.17) is 4.98 Å². The molecule has 3 heterocycles. The van der Waals surface area contributed by atoms with Gasteiger partial charge in [-0.15, -0.1) is 0 Å². The number of rotatable bonds is 3. The average molecular weight is 293 g/mol. The van der Waals surface area contributed by atoms with Crippen molar-refractivity contribution in [2.45, 2.75) is 31.8 Å². The second-order valence-corrected chi connectivity index (χ2v) is 5.79. The van der Waals surface area contributed by atoms with Gasteiger partial charge in [-0.2, -0.15) is 5.10 Å². The molecule has 1 aliphatic rings. The predicted molar refractivity (Wildman–Crippen MR) is 86.8 cm³/mol. The lowest BCUT2D eigenvalue weighted by Crippen LogP contribution is -2.42. The molecule has 0 saturated carbocycles. The Morgan fingerprint density at radius 1 is 1.09 bits per heavy atom. The third-order valence-corrected chi connectivity index (χ3v) is 4.31. The lowest BCUT2D eigenvalue weighted by atomic mass is 10.0. The molecule has 5 heteroatoms. The molecule has 2 aromatic heterocycles. The van der Waals surface area contributed by atoms with E-state index in [0.717, 1.165) is 29.9 Å². The monoisotopic (exact) mass is 293 g/mol. The van der Waals surface area contributed by atoms with Crippen LogP contribution >= 0.6 is 0 Å². The van der Waals surface area contributed by atoms with Crippen LogP contribution in [0.25, 0.3) is 11.0 Å². The summed E-state index contributed by atoms with van der Waals surface area (Å²) in [6.07, 6.45) is 9.42. The van der Waals surface area contributed by atoms with Crippen LogP contribution in [-0.4, -0.2) is 32.3 Å². The number of nitrogens with zero attached hydrogens (tertiary/aromatic N) is 5. The third-order valence-electron chi connectivity index (χ3n) is 4.31. The third kappa shape index (κ3) is 2.54. The molecule has 1 atom stereocenters. The van der Waals surface area contributed by atoms with Crippen LogP contribution in [0.15, 0.2) is 48.9 Å². The van der Waals surface area contributed by atoms with Gasteiger partial charge in [0, 0.05) is 18.9 Å². The van der Waals surface area contributed by atoms with Crippen LogP contribution in [-0.2, 0) is 6.54 Å². The molecule has 1 aliphatic heterocycles. The van der Waals surface area contributed by atoms with E-state index in [1.54, 1.807) is 0 Å². The van der Waals surface area contributed by atoms with Crippen molar-refractivity contribution in [2.24, 2.45) is 0 Å². The van der Waals surface area contributed by atoms with Crippen LogP contribution < -0.4 is 4.90 Å². The van der Waals surface area contributed by atoms with Gasteiger partial charge in [0.1, 0.15) is 5.82 Å². The Balaban J connectivity index is 1.64. The Hall–Kier alpha value is -2.43. The summed E-state index contributed by atoms with van der Waals surface area (Å²) in [7, 11) is 0. The van der Waals surface area contributed by atoms with Gasteiger partial charge < -0.3 is 4.90 Å². The fourth-order valence-electron chi connectivity index (χ4n) is 3.20. The van der Waals surface area contributed by atoms with Gasteiger partial charge in [0.2, 0.25) is 0 Å². The molecule has 22 heavy (non-hydrogen) atoms. The van der Waals surface area contributed by atoms with Crippen molar-refractivity contribution >= 4 is 16.9 Å². The van der Waals surface area contributed by atoms with E-state index in [-0.39, 0.29) is 0 Å². The number of anilines is 1. The Kier molecular flexibility index (Phi) is 3.46. The summed E-state index contributed by atoms with van der Waals surface area (Å²) in [5.41, 5.74) is 1.91. The van der Waals surface area contributed by atoms with Crippen molar-refractivity contribution in [1.82, 2.24) is 19.7 Å². The first-order valence-electron chi connectivity index (χ1n) is 7.86. The number of para-hydroxylation sites is 2. The number of hydrogen-bond donors (Lipinski definition) is 0. The standard InChI is InChI=1S/C17H19N5/c1-2-8-16-15(7-1)18-12-17(20-16)22-11-4-3-6-14(22)13-21-10-5-9-19-21/h1-2,5,7-10,12,14H,3-4,6,11,13H2. The zero-order chi connectivity index (χ0) is 14.8. The van der Waals surface area contributed by atoms with Crippen molar-refractivity contribution in [3.8, 4) is 0 Å². The van der Waals surface area contributed by atoms with Crippen LogP contribution in [0.3, 0.4) is 0 Å². The van der Waals surface area contributed by atoms with Gasteiger partial charge in [-0.1, -0.05) is 12.1 Å². The van der Waals surface area contributed by atoms with Gasteiger partial charge in [-0.05, 0) is 37.5 Å². The van der Waals surface area contributed by atoms with Gasteiger partial charge in [0.05, 0.1) is 29.8 Å². The molecular weight excluding hydrogens is 274 g/mol. The smallest absolute Gasteiger partial charge is 0.148 e. The molecule has 0 amide bonds. The highest BCUT2D eigenvalue weighted by atomic mass is 15.3. The number of piperidine rings is 1. The Labute approximate surface area is 129 Å². The zero-order valence-corrected chi connectivity index (χ0v) is 12.5. The highest BCUT2D eigenvalue weighted by molar-refractivity contribution is 5.75. The first-order valence-corrected chi connectivity index (χ1v) is 7.86. The van der Waals surface area contributed by atoms with Gasteiger partial charge in [0.25, 0.3) is 0 Å². The normalized spacial score (nSPS) is 18.7. The highest BCUT2D eigenvalue weighted by Crippen LogP contribution is 2.25. The van der Waals surface area contributed by atoms with Crippen LogP contribution in [0.1, 0.15) is 19.3 Å². The molecule has 0 spiro atoms. The fraction of sp³-hybridized carbons (Fsp3) is 0.353. The molecule has 0 bridgehead atoms. The van der Waals surface area contributed by atoms with E-state index in [0.29, 0.717) is 6.04 Å². The quantitative estimate of drug-likeness (QED) is 0.745. The minimum Gasteiger partial charge on any atom is -0.350 e. The first kappa shape index (κ1) is 13.2. The van der Waals surface area contributed by atoms with Crippen molar-refractivity contribution in [3.63, 3.8) is 0 Å². The molecule has 1 saturated heterocycles. The lowest BCUT2D eigenvalue weighted by molar-refractivity contribution is 0.396. The number of hydrogen-bond acceptors (Lipinski definition) is 4. The summed E-state index contributed by atoms with van der Waals surface area (Å²) in [4.78, 5) is 11.8. The molecule has 0 aliphatic carbocycles. The Bertz CT molecular complexity index is 753. The van der Waals surface area contributed by atoms with Crippen LogP contribution in [0.5, 0.6) is 0 Å². The van der Waals surface area contributed by atoms with Crippen LogP contribution in [0.2, 0.25) is 0 Å².